The Labute approximate surface area is 103 Å². The van der Waals surface area contributed by atoms with Crippen molar-refractivity contribution in [3.05, 3.63) is 0 Å². The fourth-order valence-electron chi connectivity index (χ4n) is 2.67. The van der Waals surface area contributed by atoms with Crippen molar-refractivity contribution in [1.82, 2.24) is 4.90 Å². The molecule has 0 bridgehead atoms. The molecule has 0 aromatic heterocycles. The van der Waals surface area contributed by atoms with E-state index in [-0.39, 0.29) is 23.8 Å². The number of ether oxygens (including phenoxy) is 1. The molecule has 0 spiro atoms. The molecule has 1 saturated heterocycles. The monoisotopic (exact) mass is 239 g/mol. The molecular weight excluding hydrogens is 218 g/mol. The first-order valence-electron chi connectivity index (χ1n) is 5.77. The Balaban J connectivity index is 2.87. The SMILES string of the molecule is C#CCN(CC(=O)O)C1CC(C)(C)OC1(C)C. The van der Waals surface area contributed by atoms with Crippen molar-refractivity contribution in [3.63, 3.8) is 0 Å². The van der Waals surface area contributed by atoms with E-state index >= 15 is 0 Å². The number of terminal acetylenes is 1. The normalized spacial score (nSPS) is 25.8. The van der Waals surface area contributed by atoms with Gasteiger partial charge in [0.1, 0.15) is 0 Å². The topological polar surface area (TPSA) is 49.8 Å². The smallest absolute Gasteiger partial charge is 0.317 e. The second-order valence-corrected chi connectivity index (χ2v) is 5.69. The predicted octanol–water partition coefficient (Wildman–Crippen LogP) is 1.35. The summed E-state index contributed by atoms with van der Waals surface area (Å²) < 4.78 is 5.95. The molecule has 0 saturated carbocycles. The van der Waals surface area contributed by atoms with Crippen molar-refractivity contribution in [3.8, 4) is 12.3 Å². The fraction of sp³-hybridized carbons (Fsp3) is 0.769. The number of hydrogen-bond acceptors (Lipinski definition) is 3. The maximum Gasteiger partial charge on any atom is 0.317 e. The quantitative estimate of drug-likeness (QED) is 0.752. The van der Waals surface area contributed by atoms with Crippen LogP contribution in [0.3, 0.4) is 0 Å². The summed E-state index contributed by atoms with van der Waals surface area (Å²) in [7, 11) is 0. The second kappa shape index (κ2) is 4.67. The summed E-state index contributed by atoms with van der Waals surface area (Å²) in [5.41, 5.74) is -0.616. The molecule has 0 amide bonds. The molecule has 1 N–H and O–H groups in total. The lowest BCUT2D eigenvalue weighted by Crippen LogP contribution is -2.48. The van der Waals surface area contributed by atoms with E-state index in [1.807, 2.05) is 27.7 Å². The number of carboxylic acid groups (broad SMARTS) is 1. The number of hydrogen-bond donors (Lipinski definition) is 1. The maximum absolute atomic E-state index is 10.9. The molecule has 4 heteroatoms. The predicted molar refractivity (Wildman–Crippen MR) is 65.7 cm³/mol. The van der Waals surface area contributed by atoms with E-state index in [9.17, 15) is 4.79 Å². The Hall–Kier alpha value is -1.05. The number of carboxylic acids is 1. The summed E-state index contributed by atoms with van der Waals surface area (Å²) in [6.07, 6.45) is 6.09. The summed E-state index contributed by atoms with van der Waals surface area (Å²) >= 11 is 0. The molecule has 1 atom stereocenters. The van der Waals surface area contributed by atoms with Gasteiger partial charge < -0.3 is 9.84 Å². The van der Waals surface area contributed by atoms with Gasteiger partial charge in [-0.1, -0.05) is 5.92 Å². The van der Waals surface area contributed by atoms with E-state index in [4.69, 9.17) is 16.3 Å². The van der Waals surface area contributed by atoms with E-state index in [1.165, 1.54) is 0 Å². The minimum Gasteiger partial charge on any atom is -0.480 e. The van der Waals surface area contributed by atoms with Crippen LogP contribution in [0.25, 0.3) is 0 Å². The number of carbonyl (C=O) groups is 1. The average molecular weight is 239 g/mol. The lowest BCUT2D eigenvalue weighted by atomic mass is 9.93. The molecule has 0 aromatic rings. The highest BCUT2D eigenvalue weighted by Gasteiger charge is 2.48. The highest BCUT2D eigenvalue weighted by molar-refractivity contribution is 5.69. The largest absolute Gasteiger partial charge is 0.480 e. The fourth-order valence-corrected chi connectivity index (χ4v) is 2.67. The van der Waals surface area contributed by atoms with Crippen molar-refractivity contribution >= 4 is 5.97 Å². The Morgan fingerprint density at radius 3 is 2.47 bits per heavy atom. The minimum atomic E-state index is -0.860. The van der Waals surface area contributed by atoms with E-state index in [0.717, 1.165) is 6.42 Å². The summed E-state index contributed by atoms with van der Waals surface area (Å²) in [5.74, 6) is 1.66. The molecular formula is C13H21NO3. The van der Waals surface area contributed by atoms with Crippen LogP contribution in [0, 0.1) is 12.3 Å². The molecule has 0 aliphatic carbocycles. The Kier molecular flexibility index (Phi) is 3.85. The van der Waals surface area contributed by atoms with Gasteiger partial charge in [-0.05, 0) is 34.1 Å². The van der Waals surface area contributed by atoms with Crippen LogP contribution in [0.5, 0.6) is 0 Å². The molecule has 96 valence electrons. The van der Waals surface area contributed by atoms with Crippen LogP contribution in [0.1, 0.15) is 34.1 Å². The molecule has 1 rings (SSSR count). The third kappa shape index (κ3) is 3.45. The van der Waals surface area contributed by atoms with Crippen molar-refractivity contribution in [1.29, 1.82) is 0 Å². The number of rotatable bonds is 4. The van der Waals surface area contributed by atoms with E-state index < -0.39 is 5.97 Å². The van der Waals surface area contributed by atoms with Crippen LogP contribution >= 0.6 is 0 Å². The van der Waals surface area contributed by atoms with E-state index in [0.29, 0.717) is 6.54 Å². The summed E-state index contributed by atoms with van der Waals surface area (Å²) in [4.78, 5) is 12.7. The van der Waals surface area contributed by atoms with Gasteiger partial charge in [0.15, 0.2) is 0 Å². The Morgan fingerprint density at radius 2 is 2.12 bits per heavy atom. The average Bonchev–Trinajstić information content (AvgIpc) is 2.32. The first-order chi connectivity index (χ1) is 7.68. The van der Waals surface area contributed by atoms with Crippen LogP contribution in [-0.4, -0.2) is 46.3 Å². The van der Waals surface area contributed by atoms with Crippen LogP contribution < -0.4 is 0 Å². The van der Waals surface area contributed by atoms with Gasteiger partial charge in [-0.25, -0.2) is 0 Å². The Morgan fingerprint density at radius 1 is 1.53 bits per heavy atom. The highest BCUT2D eigenvalue weighted by atomic mass is 16.5. The Bertz CT molecular complexity index is 341. The van der Waals surface area contributed by atoms with Crippen LogP contribution in [0.2, 0.25) is 0 Å². The number of aliphatic carboxylic acids is 1. The maximum atomic E-state index is 10.9. The lowest BCUT2D eigenvalue weighted by Gasteiger charge is -2.34. The zero-order valence-electron chi connectivity index (χ0n) is 11.0. The van der Waals surface area contributed by atoms with Gasteiger partial charge in [0.05, 0.1) is 24.3 Å². The molecule has 4 nitrogen and oxygen atoms in total. The van der Waals surface area contributed by atoms with E-state index in [2.05, 4.69) is 5.92 Å². The van der Waals surface area contributed by atoms with Gasteiger partial charge >= 0.3 is 5.97 Å². The molecule has 1 fully saturated rings. The van der Waals surface area contributed by atoms with Crippen LogP contribution in [0.15, 0.2) is 0 Å². The molecule has 1 heterocycles. The summed E-state index contributed by atoms with van der Waals surface area (Å²) in [6, 6.07) is 0.0321. The van der Waals surface area contributed by atoms with Gasteiger partial charge in [0.2, 0.25) is 0 Å². The van der Waals surface area contributed by atoms with Gasteiger partial charge in [0.25, 0.3) is 0 Å². The van der Waals surface area contributed by atoms with Crippen molar-refractivity contribution in [2.75, 3.05) is 13.1 Å². The van der Waals surface area contributed by atoms with Gasteiger partial charge in [0, 0.05) is 6.04 Å². The summed E-state index contributed by atoms with van der Waals surface area (Å²) in [5, 5.41) is 8.92. The first-order valence-corrected chi connectivity index (χ1v) is 5.77. The van der Waals surface area contributed by atoms with Gasteiger partial charge in [-0.2, -0.15) is 0 Å². The van der Waals surface area contributed by atoms with Crippen LogP contribution in [0.4, 0.5) is 0 Å². The summed E-state index contributed by atoms with van der Waals surface area (Å²) in [6.45, 7) is 8.29. The minimum absolute atomic E-state index is 0.0321. The van der Waals surface area contributed by atoms with Crippen molar-refractivity contribution in [2.24, 2.45) is 0 Å². The molecule has 1 aliphatic rings. The number of nitrogens with zero attached hydrogens (tertiary/aromatic N) is 1. The first kappa shape index (κ1) is 14.0. The molecule has 1 aliphatic heterocycles. The molecule has 1 unspecified atom stereocenters. The third-order valence-corrected chi connectivity index (χ3v) is 3.10. The lowest BCUT2D eigenvalue weighted by molar-refractivity contribution is -0.139. The van der Waals surface area contributed by atoms with Gasteiger partial charge in [-0.3, -0.25) is 9.69 Å². The van der Waals surface area contributed by atoms with Crippen LogP contribution in [-0.2, 0) is 9.53 Å². The molecule has 0 radical (unpaired) electrons. The standard InChI is InChI=1S/C13H21NO3/c1-6-7-14(9-11(15)16)10-8-12(2,3)17-13(10,4)5/h1,10H,7-9H2,2-5H3,(H,15,16). The zero-order valence-corrected chi connectivity index (χ0v) is 11.0. The molecule has 0 aromatic carbocycles. The molecule has 17 heavy (non-hydrogen) atoms. The highest BCUT2D eigenvalue weighted by Crippen LogP contribution is 2.39. The van der Waals surface area contributed by atoms with Gasteiger partial charge in [-0.15, -0.1) is 6.42 Å². The van der Waals surface area contributed by atoms with Crippen molar-refractivity contribution < 1.29 is 14.6 Å². The second-order valence-electron chi connectivity index (χ2n) is 5.69. The van der Waals surface area contributed by atoms with E-state index in [1.54, 1.807) is 4.90 Å². The third-order valence-electron chi connectivity index (χ3n) is 3.10. The van der Waals surface area contributed by atoms with Crippen molar-refractivity contribution in [2.45, 2.75) is 51.4 Å². The zero-order chi connectivity index (χ0) is 13.3.